The fourth-order valence-electron chi connectivity index (χ4n) is 18.1. The van der Waals surface area contributed by atoms with Crippen LogP contribution in [0.5, 0.6) is 0 Å². The fourth-order valence-corrected chi connectivity index (χ4v) is 19.1. The zero-order valence-electron chi connectivity index (χ0n) is 61.2. The van der Waals surface area contributed by atoms with Crippen LogP contribution >= 0.6 is 11.3 Å². The molecule has 0 aliphatic carbocycles. The van der Waals surface area contributed by atoms with Crippen molar-refractivity contribution in [1.29, 1.82) is 0 Å². The Morgan fingerprint density at radius 1 is 0.228 bits per heavy atom. The van der Waals surface area contributed by atoms with Crippen LogP contribution in [0.1, 0.15) is 0 Å². The number of benzene rings is 17. The Morgan fingerprint density at radius 2 is 0.623 bits per heavy atom. The molecule has 8 heterocycles. The molecule has 0 atom stereocenters. The minimum absolute atomic E-state index is 0.526. The van der Waals surface area contributed by atoms with Gasteiger partial charge in [-0.1, -0.05) is 249 Å². The second-order valence-corrected chi connectivity index (χ2v) is 30.6. The van der Waals surface area contributed by atoms with E-state index < -0.39 is 0 Å². The molecule has 530 valence electrons. The van der Waals surface area contributed by atoms with Crippen molar-refractivity contribution in [3.63, 3.8) is 0 Å². The van der Waals surface area contributed by atoms with E-state index in [0.717, 1.165) is 127 Å². The molecule has 0 bridgehead atoms. The van der Waals surface area contributed by atoms with Gasteiger partial charge in [0.25, 0.3) is 0 Å². The predicted octanol–water partition coefficient (Wildman–Crippen LogP) is 27.7. The maximum absolute atomic E-state index is 6.33. The SMILES string of the molecule is c1ccc(-n2c3ccccc3c3ccc(-c4nc5oc6ccccc6c5nc4-c4ccc(-n5c6ccccc6c6cc7ccccc7cc65)cc4)cc32)cc1.c1ccc(-n2c3ccccc3c3ccc(-c4nc5sc6ccccc6c5nc4-c4ccc(-n5c6ccccc6c6cc7ccccc7cc65)c5ccccc45)cc32)cc1. The average Bonchev–Trinajstić information content (AvgIpc) is 1.51. The summed E-state index contributed by atoms with van der Waals surface area (Å²) in [6.07, 6.45) is 0. The zero-order chi connectivity index (χ0) is 74.6. The van der Waals surface area contributed by atoms with Gasteiger partial charge in [-0.3, -0.25) is 0 Å². The van der Waals surface area contributed by atoms with Gasteiger partial charge in [-0.2, -0.15) is 0 Å². The van der Waals surface area contributed by atoms with Crippen LogP contribution in [0.4, 0.5) is 0 Å². The summed E-state index contributed by atoms with van der Waals surface area (Å²) in [5.41, 5.74) is 24.1. The van der Waals surface area contributed by atoms with Crippen LogP contribution in [0.25, 0.3) is 230 Å². The van der Waals surface area contributed by atoms with Crippen molar-refractivity contribution in [3.8, 4) is 67.8 Å². The van der Waals surface area contributed by atoms with Crippen LogP contribution in [0, 0.1) is 0 Å². The van der Waals surface area contributed by atoms with Gasteiger partial charge in [0.05, 0.1) is 66.9 Å². The number of nitrogens with zero attached hydrogens (tertiary/aromatic N) is 8. The lowest BCUT2D eigenvalue weighted by Crippen LogP contribution is -1.99. The van der Waals surface area contributed by atoms with E-state index in [-0.39, 0.29) is 0 Å². The normalized spacial score (nSPS) is 12.0. The minimum atomic E-state index is 0.526. The van der Waals surface area contributed by atoms with E-state index >= 15 is 0 Å². The van der Waals surface area contributed by atoms with Crippen LogP contribution in [0.2, 0.25) is 0 Å². The Balaban J connectivity index is 0.000000132. The number of hydrogen-bond donors (Lipinski definition) is 0. The van der Waals surface area contributed by atoms with E-state index in [4.69, 9.17) is 24.4 Å². The number of thiophene rings is 1. The van der Waals surface area contributed by atoms with Gasteiger partial charge in [-0.15, -0.1) is 11.3 Å². The second kappa shape index (κ2) is 25.2. The Bertz CT molecular complexity index is 8310. The molecule has 0 aliphatic heterocycles. The number of fused-ring (bicyclic) bond motifs is 21. The molecule has 0 amide bonds. The first-order valence-electron chi connectivity index (χ1n) is 38.6. The molecule has 0 fully saturated rings. The topological polar surface area (TPSA) is 84.4 Å². The molecule has 0 saturated heterocycles. The molecule has 25 rings (SSSR count). The van der Waals surface area contributed by atoms with Crippen molar-refractivity contribution in [2.75, 3.05) is 0 Å². The van der Waals surface area contributed by atoms with Gasteiger partial charge < -0.3 is 22.7 Å². The molecule has 8 aromatic heterocycles. The highest BCUT2D eigenvalue weighted by molar-refractivity contribution is 7.25. The monoisotopic (exact) mass is 1470 g/mol. The van der Waals surface area contributed by atoms with E-state index in [1.807, 2.05) is 18.2 Å². The van der Waals surface area contributed by atoms with Gasteiger partial charge >= 0.3 is 0 Å². The molecule has 0 radical (unpaired) electrons. The van der Waals surface area contributed by atoms with Crippen LogP contribution in [-0.2, 0) is 0 Å². The number of aromatic nitrogens is 8. The number of furan rings is 1. The van der Waals surface area contributed by atoms with Crippen molar-refractivity contribution in [2.24, 2.45) is 0 Å². The van der Waals surface area contributed by atoms with Gasteiger partial charge in [-0.25, -0.2) is 19.9 Å². The summed E-state index contributed by atoms with van der Waals surface area (Å²) in [5, 5.41) is 19.1. The van der Waals surface area contributed by atoms with E-state index in [1.165, 1.54) is 96.9 Å². The first-order valence-corrected chi connectivity index (χ1v) is 39.4. The third kappa shape index (κ3) is 9.84. The Labute approximate surface area is 655 Å². The van der Waals surface area contributed by atoms with Crippen molar-refractivity contribution in [3.05, 3.63) is 376 Å². The Hall–Kier alpha value is -15.1. The molecule has 17 aromatic carbocycles. The first kappa shape index (κ1) is 63.8. The van der Waals surface area contributed by atoms with Crippen LogP contribution in [0.15, 0.2) is 381 Å². The van der Waals surface area contributed by atoms with E-state index in [9.17, 15) is 0 Å². The molecule has 0 saturated carbocycles. The molecule has 0 aliphatic rings. The average molecular weight is 1470 g/mol. The number of para-hydroxylation sites is 7. The third-order valence-corrected chi connectivity index (χ3v) is 24.3. The number of hydrogen-bond acceptors (Lipinski definition) is 6. The fraction of sp³-hybridized carbons (Fsp3) is 0. The van der Waals surface area contributed by atoms with Gasteiger partial charge in [0.1, 0.15) is 27.1 Å². The van der Waals surface area contributed by atoms with Gasteiger partial charge in [0.2, 0.25) is 5.71 Å². The standard InChI is InChI=1S/C54H32N4S.C50H30N4O/c1-2-16-36(17-3-1)57-45-23-11-8-20-39(45)41-27-26-35(32-48(41)57)51-52(55-53-43-22-10-13-25-50(43)59-54(53)56-51)42-28-29-47(38-19-7-6-18-37(38)42)58-46-24-12-9-21-40(46)44-30-33-14-4-5-15-34(33)31-49(44)58;1-2-14-35(15-3-1)53-42-19-9-6-16-37(42)39-27-24-34(30-44(39)53)48-47(51-49-40-18-8-11-21-46(40)55-50(49)52-48)31-22-25-36(26-23-31)54-43-20-10-7-17-38(43)41-28-32-12-4-5-13-33(32)29-45(41)54/h1-32H;1-30H. The van der Waals surface area contributed by atoms with Crippen molar-refractivity contribution >= 4 is 174 Å². The summed E-state index contributed by atoms with van der Waals surface area (Å²) in [6.45, 7) is 0. The highest BCUT2D eigenvalue weighted by Crippen LogP contribution is 2.47. The lowest BCUT2D eigenvalue weighted by molar-refractivity contribution is 0.653. The molecule has 10 heteroatoms. The summed E-state index contributed by atoms with van der Waals surface area (Å²) in [7, 11) is 0. The first-order chi connectivity index (χ1) is 56.5. The quantitative estimate of drug-likeness (QED) is 0.151. The Kier molecular flexibility index (Phi) is 14.1. The maximum atomic E-state index is 6.33. The highest BCUT2D eigenvalue weighted by Gasteiger charge is 2.26. The highest BCUT2D eigenvalue weighted by atomic mass is 32.1. The largest absolute Gasteiger partial charge is 0.436 e. The van der Waals surface area contributed by atoms with E-state index in [0.29, 0.717) is 5.71 Å². The molecule has 9 nitrogen and oxygen atoms in total. The van der Waals surface area contributed by atoms with Gasteiger partial charge in [0, 0.05) is 103 Å². The summed E-state index contributed by atoms with van der Waals surface area (Å²) < 4.78 is 17.0. The molecule has 0 unspecified atom stereocenters. The zero-order valence-corrected chi connectivity index (χ0v) is 62.0. The molecular formula is C104H62N8OS. The molecule has 114 heavy (non-hydrogen) atoms. The summed E-state index contributed by atoms with van der Waals surface area (Å²) in [6, 6.07) is 135. The van der Waals surface area contributed by atoms with Crippen molar-refractivity contribution < 1.29 is 4.42 Å². The smallest absolute Gasteiger partial charge is 0.246 e. The number of rotatable bonds is 8. The van der Waals surface area contributed by atoms with Crippen LogP contribution in [0.3, 0.4) is 0 Å². The molecule has 25 aromatic rings. The molecular weight excluding hydrogens is 1410 g/mol. The van der Waals surface area contributed by atoms with E-state index in [2.05, 4.69) is 376 Å². The lowest BCUT2D eigenvalue weighted by Gasteiger charge is -2.16. The van der Waals surface area contributed by atoms with Gasteiger partial charge in [0.15, 0.2) is 0 Å². The Morgan fingerprint density at radius 3 is 1.19 bits per heavy atom. The summed E-state index contributed by atoms with van der Waals surface area (Å²) in [5.74, 6) is 0. The lowest BCUT2D eigenvalue weighted by atomic mass is 9.96. The third-order valence-electron chi connectivity index (χ3n) is 23.2. The van der Waals surface area contributed by atoms with E-state index in [1.54, 1.807) is 11.3 Å². The molecule has 0 N–H and O–H groups in total. The minimum Gasteiger partial charge on any atom is -0.436 e. The summed E-state index contributed by atoms with van der Waals surface area (Å²) in [4.78, 5) is 22.7. The molecule has 0 spiro atoms. The summed E-state index contributed by atoms with van der Waals surface area (Å²) >= 11 is 1.71. The van der Waals surface area contributed by atoms with Crippen LogP contribution in [-0.4, -0.2) is 38.2 Å². The van der Waals surface area contributed by atoms with Crippen molar-refractivity contribution in [2.45, 2.75) is 0 Å². The maximum Gasteiger partial charge on any atom is 0.246 e. The predicted molar refractivity (Wildman–Crippen MR) is 476 cm³/mol. The second-order valence-electron chi connectivity index (χ2n) is 29.5. The van der Waals surface area contributed by atoms with Crippen LogP contribution < -0.4 is 0 Å². The van der Waals surface area contributed by atoms with Gasteiger partial charge in [-0.05, 0) is 154 Å². The van der Waals surface area contributed by atoms with Crippen molar-refractivity contribution in [1.82, 2.24) is 38.2 Å².